The summed E-state index contributed by atoms with van der Waals surface area (Å²) < 4.78 is 0. The molecule has 0 saturated heterocycles. The summed E-state index contributed by atoms with van der Waals surface area (Å²) >= 11 is 0. The molecule has 0 spiro atoms. The van der Waals surface area contributed by atoms with E-state index >= 15 is 0 Å². The van der Waals surface area contributed by atoms with Crippen molar-refractivity contribution in [2.75, 3.05) is 16.3 Å². The first-order chi connectivity index (χ1) is 13.2. The maximum Gasteiger partial charge on any atom is 0.278 e. The second-order valence-corrected chi connectivity index (χ2v) is 7.16. The van der Waals surface area contributed by atoms with Crippen LogP contribution in [0.15, 0.2) is 60.7 Å². The molecule has 3 heterocycles. The number of anilines is 3. The van der Waals surface area contributed by atoms with Crippen LogP contribution >= 0.6 is 0 Å². The predicted octanol–water partition coefficient (Wildman–Crippen LogP) is 3.76. The maximum absolute atomic E-state index is 12.9. The van der Waals surface area contributed by atoms with E-state index in [2.05, 4.69) is 46.3 Å². The van der Waals surface area contributed by atoms with Gasteiger partial charge in [0.1, 0.15) is 0 Å². The first-order valence-corrected chi connectivity index (χ1v) is 9.33. The monoisotopic (exact) mass is 356 g/mol. The quantitative estimate of drug-likeness (QED) is 0.701. The van der Waals surface area contributed by atoms with E-state index in [-0.39, 0.29) is 5.91 Å². The predicted molar refractivity (Wildman–Crippen MR) is 106 cm³/mol. The summed E-state index contributed by atoms with van der Waals surface area (Å²) in [6.45, 7) is 2.88. The van der Waals surface area contributed by atoms with Crippen molar-refractivity contribution in [1.82, 2.24) is 10.2 Å². The number of fused-ring (bicyclic) bond motifs is 2. The van der Waals surface area contributed by atoms with Crippen molar-refractivity contribution < 1.29 is 4.79 Å². The van der Waals surface area contributed by atoms with Crippen LogP contribution in [-0.4, -0.2) is 28.7 Å². The first kappa shape index (κ1) is 16.0. The molecule has 27 heavy (non-hydrogen) atoms. The summed E-state index contributed by atoms with van der Waals surface area (Å²) in [7, 11) is 0. The van der Waals surface area contributed by atoms with E-state index in [1.54, 1.807) is 11.0 Å². The highest BCUT2D eigenvalue weighted by Crippen LogP contribution is 2.37. The number of nitrogens with zero attached hydrogens (tertiary/aromatic N) is 4. The summed E-state index contributed by atoms with van der Waals surface area (Å²) in [5.74, 6) is 0.694. The van der Waals surface area contributed by atoms with Crippen LogP contribution in [0.25, 0.3) is 0 Å². The topological polar surface area (TPSA) is 49.3 Å². The van der Waals surface area contributed by atoms with E-state index in [4.69, 9.17) is 0 Å². The summed E-state index contributed by atoms with van der Waals surface area (Å²) in [5, 5.41) is 8.65. The molecule has 3 aromatic rings. The molecule has 5 nitrogen and oxygen atoms in total. The van der Waals surface area contributed by atoms with Gasteiger partial charge in [0.25, 0.3) is 5.91 Å². The van der Waals surface area contributed by atoms with Crippen LogP contribution in [0.5, 0.6) is 0 Å². The van der Waals surface area contributed by atoms with Crippen molar-refractivity contribution in [2.45, 2.75) is 25.8 Å². The van der Waals surface area contributed by atoms with Crippen molar-refractivity contribution in [2.24, 2.45) is 0 Å². The van der Waals surface area contributed by atoms with E-state index in [0.29, 0.717) is 18.3 Å². The molecule has 5 heteroatoms. The number of amides is 1. The third-order valence-corrected chi connectivity index (χ3v) is 5.46. The van der Waals surface area contributed by atoms with Gasteiger partial charge in [0.05, 0.1) is 0 Å². The molecule has 1 unspecified atom stereocenters. The number of hydrogen-bond acceptors (Lipinski definition) is 4. The van der Waals surface area contributed by atoms with Crippen LogP contribution < -0.4 is 9.80 Å². The van der Waals surface area contributed by atoms with Crippen molar-refractivity contribution in [3.8, 4) is 0 Å². The molecule has 0 fully saturated rings. The second kappa shape index (κ2) is 6.20. The molecule has 0 radical (unpaired) electrons. The lowest BCUT2D eigenvalue weighted by Gasteiger charge is -2.23. The summed E-state index contributed by atoms with van der Waals surface area (Å²) in [5.41, 5.74) is 5.07. The van der Waals surface area contributed by atoms with Crippen LogP contribution in [0.3, 0.4) is 0 Å². The fourth-order valence-corrected chi connectivity index (χ4v) is 4.17. The molecule has 1 amide bonds. The lowest BCUT2D eigenvalue weighted by atomic mass is 10.1. The molecule has 0 N–H and O–H groups in total. The Hall–Kier alpha value is -3.21. The van der Waals surface area contributed by atoms with Crippen molar-refractivity contribution in [3.05, 3.63) is 77.5 Å². The van der Waals surface area contributed by atoms with Crippen molar-refractivity contribution in [3.63, 3.8) is 0 Å². The van der Waals surface area contributed by atoms with Crippen LogP contribution in [0, 0.1) is 0 Å². The molecule has 0 saturated carbocycles. The molecule has 0 bridgehead atoms. The van der Waals surface area contributed by atoms with Gasteiger partial charge in [-0.2, -0.15) is 0 Å². The Morgan fingerprint density at radius 1 is 0.926 bits per heavy atom. The third kappa shape index (κ3) is 2.58. The number of aromatic nitrogens is 2. The van der Waals surface area contributed by atoms with Gasteiger partial charge in [0.2, 0.25) is 0 Å². The van der Waals surface area contributed by atoms with Gasteiger partial charge in [-0.15, -0.1) is 10.2 Å². The van der Waals surface area contributed by atoms with E-state index in [0.717, 1.165) is 24.3 Å². The Kier molecular flexibility index (Phi) is 3.67. The molecule has 2 aromatic carbocycles. The Morgan fingerprint density at radius 3 is 2.44 bits per heavy atom. The zero-order valence-electron chi connectivity index (χ0n) is 15.2. The summed E-state index contributed by atoms with van der Waals surface area (Å²) in [6, 6.07) is 20.4. The molecule has 2 aliphatic rings. The normalized spacial score (nSPS) is 17.7. The molecule has 5 rings (SSSR count). The highest BCUT2D eigenvalue weighted by Gasteiger charge is 2.29. The summed E-state index contributed by atoms with van der Waals surface area (Å²) in [4.78, 5) is 16.9. The van der Waals surface area contributed by atoms with Crippen LogP contribution in [0.4, 0.5) is 17.2 Å². The zero-order valence-corrected chi connectivity index (χ0v) is 15.2. The van der Waals surface area contributed by atoms with Crippen LogP contribution in [0.1, 0.15) is 28.5 Å². The average Bonchev–Trinajstić information content (AvgIpc) is 3.28. The van der Waals surface area contributed by atoms with Gasteiger partial charge in [-0.25, -0.2) is 0 Å². The number of carbonyl (C=O) groups excluding carboxylic acids is 1. The number of benzene rings is 2. The lowest BCUT2D eigenvalue weighted by Crippen LogP contribution is -2.30. The van der Waals surface area contributed by atoms with Gasteiger partial charge in [-0.1, -0.05) is 36.4 Å². The number of rotatable bonds is 2. The second-order valence-electron chi connectivity index (χ2n) is 7.16. The zero-order chi connectivity index (χ0) is 18.4. The maximum atomic E-state index is 12.9. The Morgan fingerprint density at radius 2 is 1.67 bits per heavy atom. The molecule has 2 aliphatic heterocycles. The molecular weight excluding hydrogens is 336 g/mol. The average molecular weight is 356 g/mol. The molecule has 1 atom stereocenters. The van der Waals surface area contributed by atoms with E-state index in [1.165, 1.54) is 16.8 Å². The smallest absolute Gasteiger partial charge is 0.278 e. The molecular formula is C22H20N4O. The Balaban J connectivity index is 1.42. The SMILES string of the molecule is CC1Cc2ccccc2N1c1ccc(C(=O)N2CCc3ccccc32)nn1. The number of carbonyl (C=O) groups is 1. The van der Waals surface area contributed by atoms with Crippen LogP contribution in [0.2, 0.25) is 0 Å². The molecule has 0 aliphatic carbocycles. The number of hydrogen-bond donors (Lipinski definition) is 0. The Labute approximate surface area is 158 Å². The van der Waals surface area contributed by atoms with E-state index in [9.17, 15) is 4.79 Å². The third-order valence-electron chi connectivity index (χ3n) is 5.46. The highest BCUT2D eigenvalue weighted by molar-refractivity contribution is 6.06. The highest BCUT2D eigenvalue weighted by atomic mass is 16.2. The molecule has 1 aromatic heterocycles. The van der Waals surface area contributed by atoms with Crippen LogP contribution in [-0.2, 0) is 12.8 Å². The van der Waals surface area contributed by atoms with Gasteiger partial charge >= 0.3 is 0 Å². The van der Waals surface area contributed by atoms with Gasteiger partial charge in [0, 0.05) is 24.0 Å². The fraction of sp³-hybridized carbons (Fsp3) is 0.227. The summed E-state index contributed by atoms with van der Waals surface area (Å²) in [6.07, 6.45) is 1.87. The number of para-hydroxylation sites is 2. The van der Waals surface area contributed by atoms with Gasteiger partial charge in [-0.3, -0.25) is 4.79 Å². The van der Waals surface area contributed by atoms with Gasteiger partial charge in [-0.05, 0) is 55.2 Å². The minimum Gasteiger partial charge on any atom is -0.321 e. The first-order valence-electron chi connectivity index (χ1n) is 9.33. The standard InChI is InChI=1S/C22H20N4O/c1-15-14-17-7-3-5-9-20(17)26(15)21-11-10-18(23-24-21)22(27)25-13-12-16-6-2-4-8-19(16)25/h2-11,15H,12-14H2,1H3. The lowest BCUT2D eigenvalue weighted by molar-refractivity contribution is 0.0983. The van der Waals surface area contributed by atoms with Gasteiger partial charge in [0.15, 0.2) is 11.5 Å². The largest absolute Gasteiger partial charge is 0.321 e. The Bertz CT molecular complexity index is 1010. The minimum absolute atomic E-state index is 0.0890. The fourth-order valence-electron chi connectivity index (χ4n) is 4.17. The minimum atomic E-state index is -0.0890. The molecule has 134 valence electrons. The van der Waals surface area contributed by atoms with Gasteiger partial charge < -0.3 is 9.80 Å². The van der Waals surface area contributed by atoms with Crippen molar-refractivity contribution in [1.29, 1.82) is 0 Å². The van der Waals surface area contributed by atoms with Crippen molar-refractivity contribution >= 4 is 23.1 Å². The van der Waals surface area contributed by atoms with E-state index in [1.807, 2.05) is 30.3 Å². The van der Waals surface area contributed by atoms with E-state index < -0.39 is 0 Å².